The second kappa shape index (κ2) is 9.21. The molecule has 6 nitrogen and oxygen atoms in total. The molecular formula is C23H24N4O2. The summed E-state index contributed by atoms with van der Waals surface area (Å²) in [6.07, 6.45) is 8.81. The number of carbonyl (C=O) groups is 1. The Kier molecular flexibility index (Phi) is 6.02. The Hall–Kier alpha value is -3.38. The molecule has 2 aromatic carbocycles. The first-order valence-corrected chi connectivity index (χ1v) is 9.74. The van der Waals surface area contributed by atoms with E-state index in [2.05, 4.69) is 27.3 Å². The number of hydrogen-bond donors (Lipinski definition) is 1. The van der Waals surface area contributed by atoms with Crippen LogP contribution >= 0.6 is 0 Å². The fourth-order valence-corrected chi connectivity index (χ4v) is 3.24. The van der Waals surface area contributed by atoms with Crippen molar-refractivity contribution in [3.05, 3.63) is 84.5 Å². The quantitative estimate of drug-likeness (QED) is 0.660. The maximum Gasteiger partial charge on any atom is 0.244 e. The maximum absolute atomic E-state index is 12.1. The smallest absolute Gasteiger partial charge is 0.244 e. The third kappa shape index (κ3) is 5.12. The number of nitrogens with zero attached hydrogens (tertiary/aromatic N) is 3. The molecule has 4 rings (SSSR count). The molecule has 0 radical (unpaired) electrons. The molecule has 0 aliphatic carbocycles. The van der Waals surface area contributed by atoms with E-state index in [4.69, 9.17) is 4.74 Å². The Balaban J connectivity index is 1.27. The zero-order chi connectivity index (χ0) is 19.9. The number of ether oxygens (including phenoxy) is 1. The van der Waals surface area contributed by atoms with Crippen LogP contribution in [0.2, 0.25) is 0 Å². The SMILES string of the molecule is O=C(/C=C/c1ccc(N2CCOCC2)cc1)NCc1ccc(-n2ccnc2)cc1. The van der Waals surface area contributed by atoms with Gasteiger partial charge < -0.3 is 19.5 Å². The van der Waals surface area contributed by atoms with E-state index >= 15 is 0 Å². The Labute approximate surface area is 170 Å². The maximum atomic E-state index is 12.1. The highest BCUT2D eigenvalue weighted by atomic mass is 16.5. The van der Waals surface area contributed by atoms with Crippen molar-refractivity contribution in [3.8, 4) is 5.69 Å². The van der Waals surface area contributed by atoms with Gasteiger partial charge in [0.2, 0.25) is 5.91 Å². The average molecular weight is 388 g/mol. The molecule has 2 heterocycles. The van der Waals surface area contributed by atoms with Crippen molar-refractivity contribution in [2.45, 2.75) is 6.54 Å². The first-order valence-electron chi connectivity index (χ1n) is 9.74. The van der Waals surface area contributed by atoms with Gasteiger partial charge in [-0.3, -0.25) is 4.79 Å². The predicted octanol–water partition coefficient (Wildman–Crippen LogP) is 3.04. The van der Waals surface area contributed by atoms with E-state index in [0.717, 1.165) is 43.1 Å². The van der Waals surface area contributed by atoms with Crippen molar-refractivity contribution >= 4 is 17.7 Å². The number of hydrogen-bond acceptors (Lipinski definition) is 4. The van der Waals surface area contributed by atoms with E-state index in [1.807, 2.05) is 53.2 Å². The number of nitrogens with one attached hydrogen (secondary N) is 1. The standard InChI is InChI=1S/C23H24N4O2/c28-23(25-17-20-3-8-22(9-4-20)27-12-11-24-18-27)10-5-19-1-6-21(7-2-19)26-13-15-29-16-14-26/h1-12,18H,13-17H2,(H,25,28)/b10-5+. The highest BCUT2D eigenvalue weighted by Crippen LogP contribution is 2.17. The summed E-state index contributed by atoms with van der Waals surface area (Å²) in [6, 6.07) is 16.3. The molecule has 0 saturated carbocycles. The molecular weight excluding hydrogens is 364 g/mol. The summed E-state index contributed by atoms with van der Waals surface area (Å²) < 4.78 is 7.33. The largest absolute Gasteiger partial charge is 0.378 e. The Morgan fingerprint density at radius 2 is 1.76 bits per heavy atom. The summed E-state index contributed by atoms with van der Waals surface area (Å²) in [5.41, 5.74) is 4.28. The molecule has 148 valence electrons. The van der Waals surface area contributed by atoms with Crippen molar-refractivity contribution in [2.75, 3.05) is 31.2 Å². The third-order valence-corrected chi connectivity index (χ3v) is 4.90. The van der Waals surface area contributed by atoms with Crippen LogP contribution < -0.4 is 10.2 Å². The van der Waals surface area contributed by atoms with Crippen LogP contribution in [0.1, 0.15) is 11.1 Å². The van der Waals surface area contributed by atoms with Crippen LogP contribution in [-0.4, -0.2) is 41.8 Å². The molecule has 3 aromatic rings. The summed E-state index contributed by atoms with van der Waals surface area (Å²) in [7, 11) is 0. The van der Waals surface area contributed by atoms with E-state index in [9.17, 15) is 4.79 Å². The molecule has 1 saturated heterocycles. The van der Waals surface area contributed by atoms with Crippen molar-refractivity contribution in [1.29, 1.82) is 0 Å². The fraction of sp³-hybridized carbons (Fsp3) is 0.217. The molecule has 1 aliphatic heterocycles. The van der Waals surface area contributed by atoms with Gasteiger partial charge in [0.25, 0.3) is 0 Å². The first-order chi connectivity index (χ1) is 14.3. The molecule has 0 spiro atoms. The van der Waals surface area contributed by atoms with Crippen LogP contribution in [0.25, 0.3) is 11.8 Å². The number of aromatic nitrogens is 2. The fourth-order valence-electron chi connectivity index (χ4n) is 3.24. The number of benzene rings is 2. The van der Waals surface area contributed by atoms with Crippen molar-refractivity contribution < 1.29 is 9.53 Å². The number of anilines is 1. The normalized spacial score (nSPS) is 14.3. The molecule has 0 unspecified atom stereocenters. The van der Waals surface area contributed by atoms with Gasteiger partial charge in [-0.2, -0.15) is 0 Å². The van der Waals surface area contributed by atoms with E-state index in [-0.39, 0.29) is 5.91 Å². The highest BCUT2D eigenvalue weighted by Gasteiger charge is 2.10. The Morgan fingerprint density at radius 3 is 2.45 bits per heavy atom. The number of amides is 1. The minimum absolute atomic E-state index is 0.110. The third-order valence-electron chi connectivity index (χ3n) is 4.90. The van der Waals surface area contributed by atoms with Gasteiger partial charge in [0, 0.05) is 49.5 Å². The lowest BCUT2D eigenvalue weighted by molar-refractivity contribution is -0.116. The van der Waals surface area contributed by atoms with Crippen LogP contribution in [0.3, 0.4) is 0 Å². The summed E-state index contributed by atoms with van der Waals surface area (Å²) >= 11 is 0. The molecule has 0 bridgehead atoms. The lowest BCUT2D eigenvalue weighted by Gasteiger charge is -2.28. The zero-order valence-corrected chi connectivity index (χ0v) is 16.2. The summed E-state index contributed by atoms with van der Waals surface area (Å²) in [6.45, 7) is 3.87. The minimum Gasteiger partial charge on any atom is -0.378 e. The molecule has 1 aliphatic rings. The molecule has 1 aromatic heterocycles. The van der Waals surface area contributed by atoms with Crippen LogP contribution in [0.5, 0.6) is 0 Å². The van der Waals surface area contributed by atoms with E-state index in [1.165, 1.54) is 5.69 Å². The number of imidazole rings is 1. The molecule has 1 N–H and O–H groups in total. The molecule has 1 amide bonds. The summed E-state index contributed by atoms with van der Waals surface area (Å²) in [4.78, 5) is 18.5. The average Bonchev–Trinajstić information content (AvgIpc) is 3.33. The van der Waals surface area contributed by atoms with Gasteiger partial charge in [-0.15, -0.1) is 0 Å². The number of carbonyl (C=O) groups excluding carboxylic acids is 1. The minimum atomic E-state index is -0.110. The molecule has 29 heavy (non-hydrogen) atoms. The second-order valence-corrected chi connectivity index (χ2v) is 6.88. The van der Waals surface area contributed by atoms with Gasteiger partial charge in [-0.05, 0) is 41.5 Å². The van der Waals surface area contributed by atoms with E-state index in [0.29, 0.717) is 6.54 Å². The first kappa shape index (κ1) is 19.0. The predicted molar refractivity (Wildman–Crippen MR) is 114 cm³/mol. The van der Waals surface area contributed by atoms with Crippen molar-refractivity contribution in [2.24, 2.45) is 0 Å². The molecule has 0 atom stereocenters. The zero-order valence-electron chi connectivity index (χ0n) is 16.2. The van der Waals surface area contributed by atoms with E-state index in [1.54, 1.807) is 18.6 Å². The van der Waals surface area contributed by atoms with E-state index < -0.39 is 0 Å². The van der Waals surface area contributed by atoms with Crippen LogP contribution in [0.4, 0.5) is 5.69 Å². The highest BCUT2D eigenvalue weighted by molar-refractivity contribution is 5.91. The van der Waals surface area contributed by atoms with Gasteiger partial charge in [0.1, 0.15) is 0 Å². The lowest BCUT2D eigenvalue weighted by atomic mass is 10.1. The van der Waals surface area contributed by atoms with Crippen molar-refractivity contribution in [3.63, 3.8) is 0 Å². The van der Waals surface area contributed by atoms with Crippen LogP contribution in [-0.2, 0) is 16.1 Å². The lowest BCUT2D eigenvalue weighted by Crippen LogP contribution is -2.36. The van der Waals surface area contributed by atoms with Crippen LogP contribution in [0.15, 0.2) is 73.3 Å². The van der Waals surface area contributed by atoms with Gasteiger partial charge in [0.15, 0.2) is 0 Å². The summed E-state index contributed by atoms with van der Waals surface area (Å²) in [5, 5.41) is 2.92. The van der Waals surface area contributed by atoms with Crippen molar-refractivity contribution in [1.82, 2.24) is 14.9 Å². The van der Waals surface area contributed by atoms with Gasteiger partial charge in [-0.1, -0.05) is 24.3 Å². The number of morpholine rings is 1. The topological polar surface area (TPSA) is 59.4 Å². The second-order valence-electron chi connectivity index (χ2n) is 6.88. The monoisotopic (exact) mass is 388 g/mol. The number of rotatable bonds is 6. The summed E-state index contributed by atoms with van der Waals surface area (Å²) in [5.74, 6) is -0.110. The van der Waals surface area contributed by atoms with Gasteiger partial charge in [0.05, 0.1) is 19.5 Å². The molecule has 1 fully saturated rings. The van der Waals surface area contributed by atoms with Crippen LogP contribution in [0, 0.1) is 0 Å². The van der Waals surface area contributed by atoms with Gasteiger partial charge in [-0.25, -0.2) is 4.98 Å². The molecule has 6 heteroatoms. The Bertz CT molecular complexity index is 942. The van der Waals surface area contributed by atoms with Gasteiger partial charge >= 0.3 is 0 Å². The Morgan fingerprint density at radius 1 is 1.03 bits per heavy atom.